The zero-order valence-corrected chi connectivity index (χ0v) is 16.9. The molecule has 2 fully saturated rings. The molecule has 10 heteroatoms. The van der Waals surface area contributed by atoms with E-state index < -0.39 is 24.0 Å². The molecule has 0 bridgehead atoms. The lowest BCUT2D eigenvalue weighted by atomic mass is 10.1. The summed E-state index contributed by atoms with van der Waals surface area (Å²) in [6.07, 6.45) is 0. The first-order chi connectivity index (χ1) is 13.2. The van der Waals surface area contributed by atoms with Crippen LogP contribution in [0.2, 0.25) is 0 Å². The van der Waals surface area contributed by atoms with E-state index in [1.165, 1.54) is 47.2 Å². The van der Waals surface area contributed by atoms with Crippen molar-refractivity contribution in [3.63, 3.8) is 0 Å². The Labute approximate surface area is 170 Å². The summed E-state index contributed by atoms with van der Waals surface area (Å²) < 4.78 is 0. The Morgan fingerprint density at radius 1 is 0.786 bits per heavy atom. The van der Waals surface area contributed by atoms with Gasteiger partial charge in [0.2, 0.25) is 11.8 Å². The van der Waals surface area contributed by atoms with E-state index in [0.29, 0.717) is 11.5 Å². The fourth-order valence-corrected chi connectivity index (χ4v) is 6.45. The summed E-state index contributed by atoms with van der Waals surface area (Å²) in [6.45, 7) is 2.71. The van der Waals surface area contributed by atoms with Gasteiger partial charge in [0.25, 0.3) is 0 Å². The number of thioether (sulfide) groups is 2. The van der Waals surface area contributed by atoms with Gasteiger partial charge in [-0.2, -0.15) is 0 Å². The Kier molecular flexibility index (Phi) is 5.90. The highest BCUT2D eigenvalue weighted by molar-refractivity contribution is 8.00. The molecular weight excluding hydrogens is 404 g/mol. The van der Waals surface area contributed by atoms with Crippen LogP contribution in [0.5, 0.6) is 0 Å². The van der Waals surface area contributed by atoms with Crippen molar-refractivity contribution in [2.75, 3.05) is 11.5 Å². The van der Waals surface area contributed by atoms with Gasteiger partial charge in [0.05, 0.1) is 0 Å². The normalized spacial score (nSPS) is 27.1. The van der Waals surface area contributed by atoms with E-state index in [4.69, 9.17) is 0 Å². The minimum atomic E-state index is -1.03. The molecule has 0 spiro atoms. The first kappa shape index (κ1) is 20.5. The molecule has 8 nitrogen and oxygen atoms in total. The van der Waals surface area contributed by atoms with Crippen molar-refractivity contribution < 1.29 is 29.4 Å². The minimum Gasteiger partial charge on any atom is -0.480 e. The van der Waals surface area contributed by atoms with Crippen LogP contribution in [0.4, 0.5) is 0 Å². The third-order valence-electron chi connectivity index (χ3n) is 4.80. The highest BCUT2D eigenvalue weighted by atomic mass is 32.2. The van der Waals surface area contributed by atoms with Gasteiger partial charge in [0.15, 0.2) is 0 Å². The second-order valence-electron chi connectivity index (χ2n) is 6.60. The molecule has 2 saturated heterocycles. The van der Waals surface area contributed by atoms with Crippen LogP contribution < -0.4 is 0 Å². The average molecular weight is 425 g/mol. The van der Waals surface area contributed by atoms with Gasteiger partial charge >= 0.3 is 11.9 Å². The number of carbonyl (C=O) groups is 4. The van der Waals surface area contributed by atoms with Gasteiger partial charge in [-0.3, -0.25) is 9.59 Å². The molecule has 2 heterocycles. The molecule has 2 aliphatic rings. The highest BCUT2D eigenvalue weighted by Crippen LogP contribution is 2.44. The maximum Gasteiger partial charge on any atom is 0.327 e. The molecule has 2 amide bonds. The summed E-state index contributed by atoms with van der Waals surface area (Å²) >= 11 is 2.79. The number of benzene rings is 1. The SMILES string of the molecule is CC(=O)N1[C@@H](c2ccc([C@H]3SC[C@@H](C(=O)O)N3C(C)=O)cc2)SC[C@H]1C(=O)O. The average Bonchev–Trinajstić information content (AvgIpc) is 3.26. The minimum absolute atomic E-state index is 0.301. The molecular formula is C18H20N2O6S2. The van der Waals surface area contributed by atoms with Crippen molar-refractivity contribution in [2.24, 2.45) is 0 Å². The third-order valence-corrected chi connectivity index (χ3v) is 7.45. The predicted molar refractivity (Wildman–Crippen MR) is 105 cm³/mol. The van der Waals surface area contributed by atoms with Crippen LogP contribution in [0.15, 0.2) is 24.3 Å². The van der Waals surface area contributed by atoms with E-state index in [2.05, 4.69) is 0 Å². The van der Waals surface area contributed by atoms with Crippen LogP contribution in [-0.2, 0) is 19.2 Å². The molecule has 28 heavy (non-hydrogen) atoms. The van der Waals surface area contributed by atoms with E-state index in [1.807, 2.05) is 0 Å². The summed E-state index contributed by atoms with van der Waals surface area (Å²) in [5.74, 6) is -2.02. The molecule has 0 aromatic heterocycles. The largest absolute Gasteiger partial charge is 0.480 e. The van der Waals surface area contributed by atoms with Crippen LogP contribution in [0.1, 0.15) is 35.7 Å². The Bertz CT molecular complexity index is 748. The highest BCUT2D eigenvalue weighted by Gasteiger charge is 2.42. The van der Waals surface area contributed by atoms with Crippen molar-refractivity contribution in [1.29, 1.82) is 0 Å². The quantitative estimate of drug-likeness (QED) is 0.752. The number of hydrogen-bond donors (Lipinski definition) is 2. The molecule has 2 N–H and O–H groups in total. The van der Waals surface area contributed by atoms with Crippen LogP contribution in [-0.4, -0.2) is 67.4 Å². The molecule has 0 saturated carbocycles. The van der Waals surface area contributed by atoms with E-state index in [9.17, 15) is 29.4 Å². The Morgan fingerprint density at radius 2 is 1.11 bits per heavy atom. The van der Waals surface area contributed by atoms with Gasteiger partial charge < -0.3 is 20.0 Å². The zero-order chi connectivity index (χ0) is 20.6. The number of amides is 2. The predicted octanol–water partition coefficient (Wildman–Crippen LogP) is 1.78. The van der Waals surface area contributed by atoms with Gasteiger partial charge in [-0.1, -0.05) is 24.3 Å². The molecule has 0 aliphatic carbocycles. The summed E-state index contributed by atoms with van der Waals surface area (Å²) in [7, 11) is 0. The van der Waals surface area contributed by atoms with E-state index in [-0.39, 0.29) is 22.6 Å². The third kappa shape index (κ3) is 3.70. The molecule has 150 valence electrons. The Hall–Kier alpha value is -2.20. The first-order valence-corrected chi connectivity index (χ1v) is 10.7. The maximum absolute atomic E-state index is 12.0. The van der Waals surface area contributed by atoms with Gasteiger partial charge in [-0.25, -0.2) is 9.59 Å². The van der Waals surface area contributed by atoms with Gasteiger partial charge in [0, 0.05) is 25.4 Å². The lowest BCUT2D eigenvalue weighted by Crippen LogP contribution is -2.42. The van der Waals surface area contributed by atoms with Crippen molar-refractivity contribution in [1.82, 2.24) is 9.80 Å². The van der Waals surface area contributed by atoms with Crippen LogP contribution in [0.25, 0.3) is 0 Å². The van der Waals surface area contributed by atoms with Gasteiger partial charge in [-0.15, -0.1) is 23.5 Å². The van der Waals surface area contributed by atoms with Crippen molar-refractivity contribution >= 4 is 47.3 Å². The fraction of sp³-hybridized carbons (Fsp3) is 0.444. The smallest absolute Gasteiger partial charge is 0.327 e. The molecule has 0 unspecified atom stereocenters. The molecule has 1 aromatic carbocycles. The number of hydrogen-bond acceptors (Lipinski definition) is 6. The zero-order valence-electron chi connectivity index (χ0n) is 15.3. The fourth-order valence-electron chi connectivity index (χ4n) is 3.50. The molecule has 3 rings (SSSR count). The number of carbonyl (C=O) groups excluding carboxylic acids is 2. The number of carboxylic acid groups (broad SMARTS) is 2. The molecule has 1 aromatic rings. The Balaban J connectivity index is 1.84. The Morgan fingerprint density at radius 3 is 1.36 bits per heavy atom. The number of rotatable bonds is 4. The maximum atomic E-state index is 12.0. The standard InChI is InChI=1S/C18H20N2O6S2/c1-9(21)19-13(17(23)24)7-27-15(19)11-3-5-12(6-4-11)16-20(10(2)22)14(8-28-16)18(25)26/h3-6,13-16H,7-8H2,1-2H3,(H,23,24)(H,25,26)/t13-,14-,15+,16+/m0/s1. The van der Waals surface area contributed by atoms with Crippen LogP contribution in [0.3, 0.4) is 0 Å². The van der Waals surface area contributed by atoms with E-state index in [1.54, 1.807) is 24.3 Å². The second kappa shape index (κ2) is 8.04. The molecule has 4 atom stereocenters. The summed E-state index contributed by atoms with van der Waals surface area (Å²) in [5, 5.41) is 17.9. The van der Waals surface area contributed by atoms with Crippen LogP contribution >= 0.6 is 23.5 Å². The van der Waals surface area contributed by atoms with Gasteiger partial charge in [0.1, 0.15) is 22.8 Å². The second-order valence-corrected chi connectivity index (χ2v) is 8.83. The summed E-state index contributed by atoms with van der Waals surface area (Å²) in [5.41, 5.74) is 1.58. The lowest BCUT2D eigenvalue weighted by Gasteiger charge is -2.28. The number of aliphatic carboxylic acids is 2. The molecule has 0 radical (unpaired) electrons. The monoisotopic (exact) mass is 424 g/mol. The van der Waals surface area contributed by atoms with Crippen LogP contribution in [0, 0.1) is 0 Å². The topological polar surface area (TPSA) is 115 Å². The van der Waals surface area contributed by atoms with Crippen molar-refractivity contribution in [2.45, 2.75) is 36.7 Å². The van der Waals surface area contributed by atoms with Gasteiger partial charge in [-0.05, 0) is 11.1 Å². The van der Waals surface area contributed by atoms with Crippen molar-refractivity contribution in [3.05, 3.63) is 35.4 Å². The van der Waals surface area contributed by atoms with Crippen molar-refractivity contribution in [3.8, 4) is 0 Å². The number of nitrogens with zero attached hydrogens (tertiary/aromatic N) is 2. The molecule has 2 aliphatic heterocycles. The number of carboxylic acids is 2. The van der Waals surface area contributed by atoms with E-state index >= 15 is 0 Å². The lowest BCUT2D eigenvalue weighted by molar-refractivity contribution is -0.148. The summed E-state index contributed by atoms with van der Waals surface area (Å²) in [6, 6.07) is 5.50. The van der Waals surface area contributed by atoms with E-state index in [0.717, 1.165) is 11.1 Å². The summed E-state index contributed by atoms with van der Waals surface area (Å²) in [4.78, 5) is 49.5. The first-order valence-electron chi connectivity index (χ1n) is 8.59.